The van der Waals surface area contributed by atoms with E-state index in [1.54, 1.807) is 23.2 Å². The van der Waals surface area contributed by atoms with Crippen LogP contribution in [0.25, 0.3) is 11.4 Å². The number of nitrogens with one attached hydrogen (secondary N) is 1. The van der Waals surface area contributed by atoms with Crippen molar-refractivity contribution in [3.8, 4) is 11.4 Å². The highest BCUT2D eigenvalue weighted by Crippen LogP contribution is 2.34. The Morgan fingerprint density at radius 1 is 1.11 bits per heavy atom. The number of carbonyl (C=O) groups excluding carboxylic acids is 1. The number of H-pyrrole nitrogens is 1. The van der Waals surface area contributed by atoms with Crippen LogP contribution in [0.5, 0.6) is 0 Å². The van der Waals surface area contributed by atoms with Gasteiger partial charge in [0, 0.05) is 31.0 Å². The first-order chi connectivity index (χ1) is 13.1. The number of nitrogens with zero attached hydrogens (tertiary/aromatic N) is 4. The van der Waals surface area contributed by atoms with Crippen molar-refractivity contribution in [3.63, 3.8) is 0 Å². The molecule has 0 bridgehead atoms. The van der Waals surface area contributed by atoms with Crippen LogP contribution in [0.2, 0.25) is 0 Å². The predicted octanol–water partition coefficient (Wildman–Crippen LogP) is 2.13. The number of hydrogen-bond donors (Lipinski definition) is 2. The number of amides is 1. The second kappa shape index (κ2) is 6.88. The number of rotatable bonds is 3. The lowest BCUT2D eigenvalue weighted by Gasteiger charge is -2.38. The van der Waals surface area contributed by atoms with E-state index in [0.717, 1.165) is 0 Å². The fourth-order valence-corrected chi connectivity index (χ4v) is 3.33. The van der Waals surface area contributed by atoms with Crippen LogP contribution in [0.1, 0.15) is 28.9 Å². The van der Waals surface area contributed by atoms with Crippen molar-refractivity contribution in [3.05, 3.63) is 66.0 Å². The number of pyridine rings is 2. The average molecular weight is 367 g/mol. The molecule has 0 spiro atoms. The summed E-state index contributed by atoms with van der Waals surface area (Å²) in [4.78, 5) is 22.2. The molecule has 2 N–H and O–H groups in total. The number of aromatic nitrogens is 4. The second-order valence-corrected chi connectivity index (χ2v) is 6.55. The van der Waals surface area contributed by atoms with Crippen LogP contribution >= 0.6 is 0 Å². The Labute approximate surface area is 154 Å². The number of carbonyl (C=O) groups is 1. The normalized spacial score (nSPS) is 16.3. The molecule has 0 aliphatic carbocycles. The molecule has 3 aromatic rings. The van der Waals surface area contributed by atoms with Crippen molar-refractivity contribution in [1.29, 1.82) is 0 Å². The molecule has 4 rings (SSSR count). The number of aromatic amines is 1. The van der Waals surface area contributed by atoms with E-state index in [-0.39, 0.29) is 24.3 Å². The third-order valence-electron chi connectivity index (χ3n) is 4.87. The summed E-state index contributed by atoms with van der Waals surface area (Å²) in [5.41, 5.74) is 0.477. The van der Waals surface area contributed by atoms with Crippen LogP contribution in [-0.4, -0.2) is 49.2 Å². The van der Waals surface area contributed by atoms with Crippen LogP contribution in [0.4, 0.5) is 4.39 Å². The van der Waals surface area contributed by atoms with Gasteiger partial charge in [0.15, 0.2) is 0 Å². The summed E-state index contributed by atoms with van der Waals surface area (Å²) in [6, 6.07) is 10.3. The Morgan fingerprint density at radius 3 is 2.59 bits per heavy atom. The lowest BCUT2D eigenvalue weighted by atomic mass is 9.85. The molecule has 0 radical (unpaired) electrons. The lowest BCUT2D eigenvalue weighted by molar-refractivity contribution is -0.0242. The van der Waals surface area contributed by atoms with Gasteiger partial charge in [0.25, 0.3) is 5.91 Å². The molecule has 8 heteroatoms. The summed E-state index contributed by atoms with van der Waals surface area (Å²) in [6.07, 6.45) is 3.48. The third-order valence-corrected chi connectivity index (χ3v) is 4.87. The van der Waals surface area contributed by atoms with Crippen LogP contribution in [-0.2, 0) is 5.60 Å². The van der Waals surface area contributed by atoms with Crippen molar-refractivity contribution in [2.24, 2.45) is 0 Å². The average Bonchev–Trinajstić information content (AvgIpc) is 3.19. The maximum Gasteiger partial charge on any atom is 0.271 e. The van der Waals surface area contributed by atoms with Gasteiger partial charge in [-0.3, -0.25) is 14.9 Å². The molecule has 4 heterocycles. The van der Waals surface area contributed by atoms with E-state index < -0.39 is 11.5 Å². The monoisotopic (exact) mass is 367 g/mol. The quantitative estimate of drug-likeness (QED) is 0.692. The molecule has 3 aromatic heterocycles. The highest BCUT2D eigenvalue weighted by Gasteiger charge is 2.38. The summed E-state index contributed by atoms with van der Waals surface area (Å²) in [7, 11) is 0. The first-order valence-electron chi connectivity index (χ1n) is 8.66. The molecule has 1 saturated heterocycles. The minimum atomic E-state index is -1.32. The van der Waals surface area contributed by atoms with Gasteiger partial charge in [-0.1, -0.05) is 12.1 Å². The van der Waals surface area contributed by atoms with Crippen LogP contribution in [0.15, 0.2) is 48.8 Å². The summed E-state index contributed by atoms with van der Waals surface area (Å²) in [5, 5.41) is 17.7. The van der Waals surface area contributed by atoms with Gasteiger partial charge >= 0.3 is 0 Å². The molecular formula is C19H18FN5O2. The summed E-state index contributed by atoms with van der Waals surface area (Å²) >= 11 is 0. The lowest BCUT2D eigenvalue weighted by Crippen LogP contribution is -2.45. The maximum absolute atomic E-state index is 13.9. The number of hydrogen-bond acceptors (Lipinski definition) is 5. The van der Waals surface area contributed by atoms with E-state index in [2.05, 4.69) is 20.2 Å². The second-order valence-electron chi connectivity index (χ2n) is 6.55. The number of piperidine rings is 1. The Bertz CT molecular complexity index is 951. The minimum Gasteiger partial charge on any atom is -0.385 e. The van der Waals surface area contributed by atoms with Crippen LogP contribution in [0.3, 0.4) is 0 Å². The number of aliphatic hydroxyl groups is 1. The van der Waals surface area contributed by atoms with Gasteiger partial charge in [-0.05, 0) is 37.1 Å². The molecule has 138 valence electrons. The van der Waals surface area contributed by atoms with E-state index >= 15 is 0 Å². The molecule has 0 atom stereocenters. The first-order valence-corrected chi connectivity index (χ1v) is 8.66. The Hall–Kier alpha value is -3.13. The molecule has 0 unspecified atom stereocenters. The zero-order chi connectivity index (χ0) is 18.9. The van der Waals surface area contributed by atoms with Gasteiger partial charge in [-0.15, -0.1) is 0 Å². The summed E-state index contributed by atoms with van der Waals surface area (Å²) in [5.74, 6) is -0.883. The standard InChI is InChI=1S/C19H18FN5O2/c20-17-13(4-3-9-22-17)19(27)6-10-25(11-7-19)18(26)16-12-15(23-24-16)14-5-1-2-8-21-14/h1-5,8-9,12,27H,6-7,10-11H2,(H,23,24). The number of likely N-dealkylation sites (tertiary alicyclic amines) is 1. The summed E-state index contributed by atoms with van der Waals surface area (Å²) < 4.78 is 13.9. The number of halogens is 1. The molecule has 0 aromatic carbocycles. The SMILES string of the molecule is O=C(c1cc(-c2ccccn2)n[nH]1)N1CCC(O)(c2cccnc2F)CC1. The van der Waals surface area contributed by atoms with E-state index in [9.17, 15) is 14.3 Å². The van der Waals surface area contributed by atoms with Crippen molar-refractivity contribution >= 4 is 5.91 Å². The van der Waals surface area contributed by atoms with E-state index in [4.69, 9.17) is 0 Å². The molecule has 7 nitrogen and oxygen atoms in total. The highest BCUT2D eigenvalue weighted by molar-refractivity contribution is 5.93. The first kappa shape index (κ1) is 17.3. The Kier molecular flexibility index (Phi) is 4.41. The van der Waals surface area contributed by atoms with Gasteiger partial charge < -0.3 is 10.0 Å². The fraction of sp³-hybridized carbons (Fsp3) is 0.263. The highest BCUT2D eigenvalue weighted by atomic mass is 19.1. The summed E-state index contributed by atoms with van der Waals surface area (Å²) in [6.45, 7) is 0.614. The molecule has 0 saturated carbocycles. The van der Waals surface area contributed by atoms with Crippen molar-refractivity contribution in [2.45, 2.75) is 18.4 Å². The van der Waals surface area contributed by atoms with Gasteiger partial charge in [-0.25, -0.2) is 4.98 Å². The Morgan fingerprint density at radius 2 is 1.89 bits per heavy atom. The zero-order valence-electron chi connectivity index (χ0n) is 14.5. The van der Waals surface area contributed by atoms with Crippen molar-refractivity contribution < 1.29 is 14.3 Å². The minimum absolute atomic E-state index is 0.177. The van der Waals surface area contributed by atoms with Gasteiger partial charge in [0.2, 0.25) is 5.95 Å². The third kappa shape index (κ3) is 3.31. The van der Waals surface area contributed by atoms with Crippen LogP contribution < -0.4 is 0 Å². The topological polar surface area (TPSA) is 95.0 Å². The van der Waals surface area contributed by atoms with E-state index in [1.165, 1.54) is 12.3 Å². The molecule has 1 fully saturated rings. The molecular weight excluding hydrogens is 349 g/mol. The van der Waals surface area contributed by atoms with Gasteiger partial charge in [0.1, 0.15) is 11.4 Å². The molecule has 1 aliphatic heterocycles. The van der Waals surface area contributed by atoms with E-state index in [0.29, 0.717) is 30.2 Å². The molecule has 1 aliphatic rings. The van der Waals surface area contributed by atoms with Crippen LogP contribution in [0, 0.1) is 5.95 Å². The largest absolute Gasteiger partial charge is 0.385 e. The molecule has 1 amide bonds. The maximum atomic E-state index is 13.9. The Balaban J connectivity index is 1.46. The van der Waals surface area contributed by atoms with Crippen molar-refractivity contribution in [2.75, 3.05) is 13.1 Å². The van der Waals surface area contributed by atoms with Gasteiger partial charge in [-0.2, -0.15) is 9.49 Å². The smallest absolute Gasteiger partial charge is 0.271 e. The van der Waals surface area contributed by atoms with Gasteiger partial charge in [0.05, 0.1) is 11.3 Å². The fourth-order valence-electron chi connectivity index (χ4n) is 3.33. The molecule has 27 heavy (non-hydrogen) atoms. The van der Waals surface area contributed by atoms with E-state index in [1.807, 2.05) is 18.2 Å². The predicted molar refractivity (Wildman–Crippen MR) is 95.0 cm³/mol. The zero-order valence-corrected chi connectivity index (χ0v) is 14.5. The van der Waals surface area contributed by atoms with Crippen molar-refractivity contribution in [1.82, 2.24) is 25.1 Å².